The van der Waals surface area contributed by atoms with E-state index in [1.54, 1.807) is 6.08 Å². The average Bonchev–Trinajstić information content (AvgIpc) is 2.72. The van der Waals surface area contributed by atoms with Gasteiger partial charge in [0, 0.05) is 11.0 Å². The van der Waals surface area contributed by atoms with Crippen LogP contribution in [-0.4, -0.2) is 23.0 Å². The van der Waals surface area contributed by atoms with Crippen LogP contribution < -0.4 is 5.32 Å². The number of carboxylic acid groups (broad SMARTS) is 1. The van der Waals surface area contributed by atoms with Crippen LogP contribution in [0, 0.1) is 0 Å². The summed E-state index contributed by atoms with van der Waals surface area (Å²) in [6, 6.07) is 2.80. The molecule has 0 fully saturated rings. The van der Waals surface area contributed by atoms with E-state index in [1.165, 1.54) is 23.5 Å². The lowest BCUT2D eigenvalue weighted by molar-refractivity contribution is -0.141. The predicted molar refractivity (Wildman–Crippen MR) is 75.4 cm³/mol. The zero-order valence-electron chi connectivity index (χ0n) is 9.43. The summed E-state index contributed by atoms with van der Waals surface area (Å²) in [6.45, 7) is 3.45. The van der Waals surface area contributed by atoms with Crippen molar-refractivity contribution in [3.05, 3.63) is 39.5 Å². The van der Waals surface area contributed by atoms with Gasteiger partial charge < -0.3 is 10.4 Å². The Morgan fingerprint density at radius 2 is 2.28 bits per heavy atom. The number of thiophene rings is 1. The Labute approximate surface area is 117 Å². The highest BCUT2D eigenvalue weighted by molar-refractivity contribution is 9.11. The van der Waals surface area contributed by atoms with Gasteiger partial charge >= 0.3 is 5.97 Å². The third-order valence-electron chi connectivity index (χ3n) is 2.01. The minimum atomic E-state index is -1.07. The normalized spacial score (nSPS) is 12.3. The van der Waals surface area contributed by atoms with Gasteiger partial charge in [-0.2, -0.15) is 0 Å². The maximum Gasteiger partial charge on any atom is 0.326 e. The quantitative estimate of drug-likeness (QED) is 0.622. The van der Waals surface area contributed by atoms with Crippen LogP contribution in [-0.2, 0) is 9.59 Å². The SMILES string of the molecule is C=CCC(NC(=O)/C=C/c1ccc(Br)s1)C(=O)O. The van der Waals surface area contributed by atoms with Gasteiger partial charge in [0.2, 0.25) is 5.91 Å². The Balaban J connectivity index is 2.57. The van der Waals surface area contributed by atoms with E-state index in [-0.39, 0.29) is 6.42 Å². The first-order chi connectivity index (χ1) is 8.52. The number of carbonyl (C=O) groups is 2. The Bertz CT molecular complexity index is 481. The molecule has 18 heavy (non-hydrogen) atoms. The van der Waals surface area contributed by atoms with Gasteiger partial charge in [-0.25, -0.2) is 4.79 Å². The van der Waals surface area contributed by atoms with Crippen LogP contribution in [0.25, 0.3) is 6.08 Å². The molecule has 1 atom stereocenters. The molecule has 1 rings (SSSR count). The number of hydrogen-bond donors (Lipinski definition) is 2. The summed E-state index contributed by atoms with van der Waals surface area (Å²) in [5.74, 6) is -1.51. The predicted octanol–water partition coefficient (Wildman–Crippen LogP) is 2.67. The van der Waals surface area contributed by atoms with E-state index in [4.69, 9.17) is 5.11 Å². The maximum atomic E-state index is 11.5. The molecule has 96 valence electrons. The Kier molecular flexibility index (Phi) is 5.80. The summed E-state index contributed by atoms with van der Waals surface area (Å²) >= 11 is 4.80. The minimum absolute atomic E-state index is 0.194. The van der Waals surface area contributed by atoms with Crippen molar-refractivity contribution in [2.75, 3.05) is 0 Å². The second kappa shape index (κ2) is 7.13. The summed E-state index contributed by atoms with van der Waals surface area (Å²) in [5, 5.41) is 11.2. The second-order valence-electron chi connectivity index (χ2n) is 3.40. The molecule has 1 heterocycles. The molecule has 0 aliphatic rings. The first-order valence-electron chi connectivity index (χ1n) is 5.10. The fourth-order valence-electron chi connectivity index (χ4n) is 1.18. The first kappa shape index (κ1) is 14.7. The number of aliphatic carboxylic acids is 1. The Morgan fingerprint density at radius 1 is 1.56 bits per heavy atom. The van der Waals surface area contributed by atoms with Crippen LogP contribution in [0.2, 0.25) is 0 Å². The lowest BCUT2D eigenvalue weighted by Gasteiger charge is -2.10. The smallest absolute Gasteiger partial charge is 0.326 e. The molecule has 0 saturated heterocycles. The molecule has 1 unspecified atom stereocenters. The molecule has 0 radical (unpaired) electrons. The monoisotopic (exact) mass is 329 g/mol. The Hall–Kier alpha value is -1.40. The number of rotatable bonds is 6. The van der Waals surface area contributed by atoms with Crippen molar-refractivity contribution in [3.8, 4) is 0 Å². The summed E-state index contributed by atoms with van der Waals surface area (Å²) in [7, 11) is 0. The molecule has 1 amide bonds. The highest BCUT2D eigenvalue weighted by Gasteiger charge is 2.16. The van der Waals surface area contributed by atoms with Crippen molar-refractivity contribution in [1.82, 2.24) is 5.32 Å². The molecule has 0 saturated carbocycles. The van der Waals surface area contributed by atoms with Crippen LogP contribution in [0.1, 0.15) is 11.3 Å². The topological polar surface area (TPSA) is 66.4 Å². The summed E-state index contributed by atoms with van der Waals surface area (Å²) < 4.78 is 0.970. The van der Waals surface area contributed by atoms with E-state index >= 15 is 0 Å². The summed E-state index contributed by atoms with van der Waals surface area (Å²) in [5.41, 5.74) is 0. The number of hydrogen-bond acceptors (Lipinski definition) is 3. The molecule has 4 nitrogen and oxygen atoms in total. The number of carbonyl (C=O) groups excluding carboxylic acids is 1. The van der Waals surface area contributed by atoms with E-state index in [1.807, 2.05) is 12.1 Å². The number of amides is 1. The van der Waals surface area contributed by atoms with E-state index in [2.05, 4.69) is 27.8 Å². The molecule has 0 spiro atoms. The van der Waals surface area contributed by atoms with Crippen LogP contribution in [0.3, 0.4) is 0 Å². The summed E-state index contributed by atoms with van der Waals surface area (Å²) in [6.07, 6.45) is 4.60. The van der Waals surface area contributed by atoms with Crippen LogP contribution in [0.15, 0.2) is 34.7 Å². The third-order valence-corrected chi connectivity index (χ3v) is 3.60. The first-order valence-corrected chi connectivity index (χ1v) is 6.71. The maximum absolute atomic E-state index is 11.5. The number of halogens is 1. The van der Waals surface area contributed by atoms with Crippen molar-refractivity contribution >= 4 is 45.2 Å². The van der Waals surface area contributed by atoms with Gasteiger partial charge in [-0.1, -0.05) is 6.08 Å². The molecule has 6 heteroatoms. The van der Waals surface area contributed by atoms with E-state index in [0.717, 1.165) is 8.66 Å². The van der Waals surface area contributed by atoms with Crippen molar-refractivity contribution in [3.63, 3.8) is 0 Å². The van der Waals surface area contributed by atoms with Gasteiger partial charge in [0.25, 0.3) is 0 Å². The molecule has 2 N–H and O–H groups in total. The molecule has 0 aliphatic carbocycles. The molecule has 1 aromatic heterocycles. The lowest BCUT2D eigenvalue weighted by atomic mass is 10.2. The van der Waals surface area contributed by atoms with E-state index < -0.39 is 17.9 Å². The highest BCUT2D eigenvalue weighted by Crippen LogP contribution is 2.22. The van der Waals surface area contributed by atoms with Crippen molar-refractivity contribution in [2.45, 2.75) is 12.5 Å². The van der Waals surface area contributed by atoms with Crippen molar-refractivity contribution < 1.29 is 14.7 Å². The number of nitrogens with one attached hydrogen (secondary N) is 1. The van der Waals surface area contributed by atoms with Crippen LogP contribution >= 0.6 is 27.3 Å². The van der Waals surface area contributed by atoms with Crippen LogP contribution in [0.5, 0.6) is 0 Å². The van der Waals surface area contributed by atoms with Crippen molar-refractivity contribution in [1.29, 1.82) is 0 Å². The van der Waals surface area contributed by atoms with Gasteiger partial charge in [0.1, 0.15) is 6.04 Å². The standard InChI is InChI=1S/C12H12BrNO3S/c1-2-3-9(12(16)17)14-11(15)7-5-8-4-6-10(13)18-8/h2,4-7,9H,1,3H2,(H,14,15)(H,16,17)/b7-5+. The molecular weight excluding hydrogens is 318 g/mol. The fourth-order valence-corrected chi connectivity index (χ4v) is 2.51. The van der Waals surface area contributed by atoms with Gasteiger partial charge in [-0.15, -0.1) is 17.9 Å². The zero-order valence-corrected chi connectivity index (χ0v) is 11.8. The third kappa shape index (κ3) is 4.85. The zero-order chi connectivity index (χ0) is 13.5. The molecule has 0 aliphatic heterocycles. The van der Waals surface area contributed by atoms with Gasteiger partial charge in [-0.3, -0.25) is 4.79 Å². The molecule has 0 aromatic carbocycles. The Morgan fingerprint density at radius 3 is 2.78 bits per heavy atom. The second-order valence-corrected chi connectivity index (χ2v) is 5.89. The van der Waals surface area contributed by atoms with Crippen molar-refractivity contribution in [2.24, 2.45) is 0 Å². The summed E-state index contributed by atoms with van der Waals surface area (Å²) in [4.78, 5) is 23.2. The van der Waals surface area contributed by atoms with Crippen LogP contribution in [0.4, 0.5) is 0 Å². The molecule has 0 bridgehead atoms. The highest BCUT2D eigenvalue weighted by atomic mass is 79.9. The minimum Gasteiger partial charge on any atom is -0.480 e. The molecular formula is C12H12BrNO3S. The van der Waals surface area contributed by atoms with Gasteiger partial charge in [0.15, 0.2) is 0 Å². The largest absolute Gasteiger partial charge is 0.480 e. The van der Waals surface area contributed by atoms with E-state index in [9.17, 15) is 9.59 Å². The lowest BCUT2D eigenvalue weighted by Crippen LogP contribution is -2.39. The van der Waals surface area contributed by atoms with Gasteiger partial charge in [0.05, 0.1) is 3.79 Å². The number of carboxylic acids is 1. The van der Waals surface area contributed by atoms with Gasteiger partial charge in [-0.05, 0) is 40.6 Å². The fraction of sp³-hybridized carbons (Fsp3) is 0.167. The van der Waals surface area contributed by atoms with E-state index in [0.29, 0.717) is 0 Å². The molecule has 1 aromatic rings. The average molecular weight is 330 g/mol.